The zero-order valence-corrected chi connectivity index (χ0v) is 15.0. The minimum atomic E-state index is 0.380. The molecule has 0 saturated heterocycles. The predicted octanol–water partition coefficient (Wildman–Crippen LogP) is 6.22. The van der Waals surface area contributed by atoms with Crippen LogP contribution in [0.25, 0.3) is 10.8 Å². The van der Waals surface area contributed by atoms with E-state index in [0.717, 1.165) is 0 Å². The molecule has 0 amide bonds. The van der Waals surface area contributed by atoms with Crippen LogP contribution in [0.1, 0.15) is 55.7 Å². The van der Waals surface area contributed by atoms with Crippen molar-refractivity contribution in [3.8, 4) is 0 Å². The minimum Gasteiger partial charge on any atom is -0.307 e. The topological polar surface area (TPSA) is 12.0 Å². The monoisotopic (exact) mass is 329 g/mol. The summed E-state index contributed by atoms with van der Waals surface area (Å²) in [6.07, 6.45) is 5.18. The van der Waals surface area contributed by atoms with Gasteiger partial charge in [0.05, 0.1) is 0 Å². The van der Waals surface area contributed by atoms with Gasteiger partial charge in [0.1, 0.15) is 0 Å². The van der Waals surface area contributed by atoms with Crippen molar-refractivity contribution in [2.75, 3.05) is 0 Å². The van der Waals surface area contributed by atoms with E-state index in [9.17, 15) is 0 Å². The molecule has 3 atom stereocenters. The molecular weight excluding hydrogens is 302 g/mol. The van der Waals surface area contributed by atoms with Crippen LogP contribution in [0.2, 0.25) is 0 Å². The Hall–Kier alpha value is -2.12. The second kappa shape index (κ2) is 7.41. The third-order valence-corrected chi connectivity index (χ3v) is 5.72. The Balaban J connectivity index is 1.49. The van der Waals surface area contributed by atoms with Crippen molar-refractivity contribution >= 4 is 10.8 Å². The lowest BCUT2D eigenvalue weighted by atomic mass is 9.81. The number of rotatable bonds is 4. The van der Waals surface area contributed by atoms with Gasteiger partial charge in [-0.1, -0.05) is 79.2 Å². The highest BCUT2D eigenvalue weighted by atomic mass is 14.9. The van der Waals surface area contributed by atoms with Crippen molar-refractivity contribution in [1.82, 2.24) is 5.32 Å². The average Bonchev–Trinajstić information content (AvgIpc) is 2.68. The maximum Gasteiger partial charge on any atom is 0.0300 e. The molecule has 0 aromatic heterocycles. The van der Waals surface area contributed by atoms with Crippen LogP contribution in [-0.2, 0) is 0 Å². The van der Waals surface area contributed by atoms with Crippen LogP contribution < -0.4 is 5.32 Å². The van der Waals surface area contributed by atoms with Gasteiger partial charge >= 0.3 is 0 Å². The van der Waals surface area contributed by atoms with E-state index in [1.54, 1.807) is 0 Å². The molecule has 1 aliphatic rings. The van der Waals surface area contributed by atoms with Crippen molar-refractivity contribution in [1.29, 1.82) is 0 Å². The van der Waals surface area contributed by atoms with E-state index in [4.69, 9.17) is 0 Å². The van der Waals surface area contributed by atoms with Crippen molar-refractivity contribution in [3.63, 3.8) is 0 Å². The molecule has 0 aliphatic heterocycles. The average molecular weight is 329 g/mol. The quantitative estimate of drug-likeness (QED) is 0.599. The summed E-state index contributed by atoms with van der Waals surface area (Å²) < 4.78 is 0. The molecule has 3 aromatic rings. The molecule has 1 fully saturated rings. The van der Waals surface area contributed by atoms with E-state index < -0.39 is 0 Å². The molecule has 1 aliphatic carbocycles. The molecule has 1 nitrogen and oxygen atoms in total. The Bertz CT molecular complexity index is 818. The van der Waals surface area contributed by atoms with E-state index in [1.165, 1.54) is 47.6 Å². The maximum absolute atomic E-state index is 3.93. The summed E-state index contributed by atoms with van der Waals surface area (Å²) in [6, 6.07) is 27.4. The molecular formula is C24H27N. The van der Waals surface area contributed by atoms with Crippen molar-refractivity contribution in [2.24, 2.45) is 0 Å². The molecule has 1 N–H and O–H groups in total. The van der Waals surface area contributed by atoms with Gasteiger partial charge in [-0.2, -0.15) is 0 Å². The first kappa shape index (κ1) is 16.4. The molecule has 3 aromatic carbocycles. The molecule has 0 heterocycles. The first-order chi connectivity index (χ1) is 12.3. The normalized spacial score (nSPS) is 22.0. The van der Waals surface area contributed by atoms with Gasteiger partial charge in [-0.25, -0.2) is 0 Å². The number of hydrogen-bond donors (Lipinski definition) is 1. The Morgan fingerprint density at radius 2 is 1.60 bits per heavy atom. The van der Waals surface area contributed by atoms with Crippen molar-refractivity contribution in [3.05, 3.63) is 83.9 Å². The molecule has 4 rings (SSSR count). The summed E-state index contributed by atoms with van der Waals surface area (Å²) in [5.41, 5.74) is 2.92. The largest absolute Gasteiger partial charge is 0.307 e. The van der Waals surface area contributed by atoms with Crippen LogP contribution in [0.4, 0.5) is 0 Å². The van der Waals surface area contributed by atoms with Crippen LogP contribution in [0.15, 0.2) is 72.8 Å². The van der Waals surface area contributed by atoms with Crippen molar-refractivity contribution < 1.29 is 0 Å². The molecule has 1 saturated carbocycles. The van der Waals surface area contributed by atoms with Gasteiger partial charge in [-0.3, -0.25) is 0 Å². The maximum atomic E-state index is 3.93. The first-order valence-electron chi connectivity index (χ1n) is 9.60. The van der Waals surface area contributed by atoms with Crippen LogP contribution >= 0.6 is 0 Å². The van der Waals surface area contributed by atoms with Gasteiger partial charge in [0, 0.05) is 12.1 Å². The Morgan fingerprint density at radius 3 is 2.48 bits per heavy atom. The molecule has 25 heavy (non-hydrogen) atoms. The lowest BCUT2D eigenvalue weighted by Gasteiger charge is -2.32. The Labute approximate surface area is 151 Å². The zero-order valence-electron chi connectivity index (χ0n) is 15.0. The molecule has 128 valence electrons. The lowest BCUT2D eigenvalue weighted by Crippen LogP contribution is -2.35. The summed E-state index contributed by atoms with van der Waals surface area (Å²) in [5, 5.41) is 6.64. The Morgan fingerprint density at radius 1 is 0.840 bits per heavy atom. The fourth-order valence-corrected chi connectivity index (χ4v) is 4.44. The lowest BCUT2D eigenvalue weighted by molar-refractivity contribution is 0.319. The van der Waals surface area contributed by atoms with E-state index in [1.807, 2.05) is 0 Å². The summed E-state index contributed by atoms with van der Waals surface area (Å²) in [6.45, 7) is 2.31. The number of benzene rings is 3. The van der Waals surface area contributed by atoms with Gasteiger partial charge in [0.2, 0.25) is 0 Å². The number of nitrogens with one attached hydrogen (secondary N) is 1. The molecule has 0 spiro atoms. The van der Waals surface area contributed by atoms with Gasteiger partial charge in [-0.05, 0) is 54.0 Å². The van der Waals surface area contributed by atoms with E-state index >= 15 is 0 Å². The summed E-state index contributed by atoms with van der Waals surface area (Å²) in [7, 11) is 0. The fourth-order valence-electron chi connectivity index (χ4n) is 4.44. The molecule has 1 heteroatoms. The van der Waals surface area contributed by atoms with Crippen LogP contribution in [0, 0.1) is 0 Å². The van der Waals surface area contributed by atoms with Gasteiger partial charge in [0.25, 0.3) is 0 Å². The SMILES string of the molecule is C[C@@H](N[C@H]1CCC[C@H](c2ccccc2)C1)c1cccc2ccccc12. The van der Waals surface area contributed by atoms with E-state index in [-0.39, 0.29) is 0 Å². The third-order valence-electron chi connectivity index (χ3n) is 5.72. The molecule has 0 radical (unpaired) electrons. The second-order valence-corrected chi connectivity index (χ2v) is 7.43. The van der Waals surface area contributed by atoms with E-state index in [2.05, 4.69) is 85.0 Å². The predicted molar refractivity (Wildman–Crippen MR) is 107 cm³/mol. The highest BCUT2D eigenvalue weighted by molar-refractivity contribution is 5.86. The van der Waals surface area contributed by atoms with Crippen molar-refractivity contribution in [2.45, 2.75) is 50.6 Å². The molecule has 0 unspecified atom stereocenters. The smallest absolute Gasteiger partial charge is 0.0300 e. The first-order valence-corrected chi connectivity index (χ1v) is 9.60. The second-order valence-electron chi connectivity index (χ2n) is 7.43. The number of hydrogen-bond acceptors (Lipinski definition) is 1. The summed E-state index contributed by atoms with van der Waals surface area (Å²) >= 11 is 0. The van der Waals surface area contributed by atoms with Gasteiger partial charge < -0.3 is 5.32 Å². The van der Waals surface area contributed by atoms with Crippen LogP contribution in [0.3, 0.4) is 0 Å². The zero-order chi connectivity index (χ0) is 17.1. The van der Waals surface area contributed by atoms with Gasteiger partial charge in [-0.15, -0.1) is 0 Å². The highest BCUT2D eigenvalue weighted by Gasteiger charge is 2.24. The van der Waals surface area contributed by atoms with Crippen LogP contribution in [-0.4, -0.2) is 6.04 Å². The summed E-state index contributed by atoms with van der Waals surface area (Å²) in [4.78, 5) is 0. The standard InChI is InChI=1S/C24H27N/c1-18(23-16-8-12-20-11-5-6-15-24(20)23)25-22-14-7-13-21(17-22)19-9-3-2-4-10-19/h2-6,8-12,15-16,18,21-22,25H,7,13-14,17H2,1H3/t18-,21+,22+/m1/s1. The molecule has 0 bridgehead atoms. The van der Waals surface area contributed by atoms with Crippen LogP contribution in [0.5, 0.6) is 0 Å². The number of fused-ring (bicyclic) bond motifs is 1. The third kappa shape index (κ3) is 3.62. The minimum absolute atomic E-state index is 0.380. The van der Waals surface area contributed by atoms with E-state index in [0.29, 0.717) is 18.0 Å². The fraction of sp³-hybridized carbons (Fsp3) is 0.333. The highest BCUT2D eigenvalue weighted by Crippen LogP contribution is 2.34. The van der Waals surface area contributed by atoms with Gasteiger partial charge in [0.15, 0.2) is 0 Å². The Kier molecular flexibility index (Phi) is 4.85. The summed E-state index contributed by atoms with van der Waals surface area (Å²) in [5.74, 6) is 0.701.